The van der Waals surface area contributed by atoms with Gasteiger partial charge in [0.2, 0.25) is 0 Å². The average Bonchev–Trinajstić information content (AvgIpc) is 3.31. The van der Waals surface area contributed by atoms with Crippen LogP contribution in [0.3, 0.4) is 0 Å². The summed E-state index contributed by atoms with van der Waals surface area (Å²) in [6.45, 7) is 2.71. The summed E-state index contributed by atoms with van der Waals surface area (Å²) < 4.78 is 44.6. The Morgan fingerprint density at radius 1 is 0.373 bits per heavy atom. The van der Waals surface area contributed by atoms with Crippen LogP contribution < -0.4 is 41.3 Å². The van der Waals surface area contributed by atoms with Gasteiger partial charge in [0.15, 0.2) is 0 Å². The van der Waals surface area contributed by atoms with Crippen LogP contribution in [-0.2, 0) is 25.5 Å². The minimum absolute atomic E-state index is 0.205. The number of ether oxygens (including phenoxy) is 2. The number of benzene rings is 8. The van der Waals surface area contributed by atoms with Crippen molar-refractivity contribution < 1.29 is 27.6 Å². The number of methoxy groups -OCH3 is 2. The van der Waals surface area contributed by atoms with Gasteiger partial charge in [0.1, 0.15) is 0 Å². The molecule has 1 atom stereocenters. The second kappa shape index (κ2) is 18.8. The minimum atomic E-state index is -5.40. The quantitative estimate of drug-likeness (QED) is 0.0973. The first-order valence-electron chi connectivity index (χ1n) is 22.6. The van der Waals surface area contributed by atoms with Gasteiger partial charge >= 0.3 is 399 Å². The molecule has 0 heterocycles. The summed E-state index contributed by atoms with van der Waals surface area (Å²) in [5.74, 6) is 1.33. The van der Waals surface area contributed by atoms with E-state index < -0.39 is 21.5 Å². The number of hydrogen-bond acceptors (Lipinski definition) is 5. The fourth-order valence-electron chi connectivity index (χ4n) is 9.84. The van der Waals surface area contributed by atoms with E-state index in [1.165, 1.54) is 0 Å². The van der Waals surface area contributed by atoms with E-state index in [9.17, 15) is 4.89 Å². The Labute approximate surface area is 397 Å². The molecule has 67 heavy (non-hydrogen) atoms. The summed E-state index contributed by atoms with van der Waals surface area (Å²) in [4.78, 5) is 13.9. The van der Waals surface area contributed by atoms with E-state index in [2.05, 4.69) is 148 Å². The SMILES string of the molecule is COc1cccc(CP(OP(=O)(O)OP(Cc2cccc(OC)c2)(c2cccc(C)c2)(c2cccc(C)c2)c2cccc(C)c2)(c2ccc(C)cc2)(c2ccc(C)cc2)c2ccc(C)cc2)c1. The van der Waals surface area contributed by atoms with Gasteiger partial charge in [-0.05, 0) is 0 Å². The Hall–Kier alpha value is -5.67. The van der Waals surface area contributed by atoms with E-state index in [1.54, 1.807) is 14.2 Å². The molecule has 1 N–H and O–H groups in total. The topological polar surface area (TPSA) is 74.2 Å². The summed E-state index contributed by atoms with van der Waals surface area (Å²) in [7, 11) is -2.09. The van der Waals surface area contributed by atoms with Crippen molar-refractivity contribution in [2.75, 3.05) is 14.2 Å². The molecule has 0 fully saturated rings. The van der Waals surface area contributed by atoms with Crippen LogP contribution in [0, 0.1) is 41.5 Å². The zero-order valence-electron chi connectivity index (χ0n) is 39.7. The monoisotopic (exact) mass is 946 g/mol. The van der Waals surface area contributed by atoms with Gasteiger partial charge in [-0.2, -0.15) is 0 Å². The zero-order chi connectivity index (χ0) is 47.5. The summed E-state index contributed by atoms with van der Waals surface area (Å²) in [5.41, 5.74) is 7.79. The van der Waals surface area contributed by atoms with Crippen molar-refractivity contribution in [1.29, 1.82) is 0 Å². The van der Waals surface area contributed by atoms with Crippen LogP contribution in [0.4, 0.5) is 0 Å². The van der Waals surface area contributed by atoms with Gasteiger partial charge < -0.3 is 0 Å². The van der Waals surface area contributed by atoms with Gasteiger partial charge in [-0.3, -0.25) is 0 Å². The van der Waals surface area contributed by atoms with E-state index in [0.29, 0.717) is 11.5 Å². The van der Waals surface area contributed by atoms with E-state index in [-0.39, 0.29) is 12.3 Å². The Morgan fingerprint density at radius 2 is 0.672 bits per heavy atom. The predicted octanol–water partition coefficient (Wildman–Crippen LogP) is 12.3. The van der Waals surface area contributed by atoms with E-state index in [4.69, 9.17) is 18.1 Å². The molecule has 0 aliphatic heterocycles. The molecule has 0 aromatic heterocycles. The first-order chi connectivity index (χ1) is 32.1. The molecule has 8 aromatic rings. The molecule has 0 spiro atoms. The fourth-order valence-corrected chi connectivity index (χ4v) is 26.2. The summed E-state index contributed by atoms with van der Waals surface area (Å²) in [5, 5.41) is 4.70. The van der Waals surface area contributed by atoms with Gasteiger partial charge in [-0.15, -0.1) is 0 Å². The third-order valence-electron chi connectivity index (χ3n) is 13.2. The van der Waals surface area contributed by atoms with Crippen molar-refractivity contribution in [1.82, 2.24) is 0 Å². The molecule has 0 amide bonds. The Balaban J connectivity index is 1.57. The summed E-state index contributed by atoms with van der Waals surface area (Å²) >= 11 is 0. The summed E-state index contributed by atoms with van der Waals surface area (Å²) in [6.07, 6.45) is 0.412. The third kappa shape index (κ3) is 8.85. The van der Waals surface area contributed by atoms with Gasteiger partial charge in [0.05, 0.1) is 0 Å². The van der Waals surface area contributed by atoms with Crippen molar-refractivity contribution in [3.05, 3.63) is 239 Å². The van der Waals surface area contributed by atoms with E-state index in [1.807, 2.05) is 87.5 Å². The molecule has 0 radical (unpaired) electrons. The average molecular weight is 947 g/mol. The number of aryl methyl sites for hydroxylation is 6. The van der Waals surface area contributed by atoms with Gasteiger partial charge in [0.25, 0.3) is 0 Å². The van der Waals surface area contributed by atoms with Crippen LogP contribution in [0.2, 0.25) is 0 Å². The van der Waals surface area contributed by atoms with Crippen LogP contribution in [0.1, 0.15) is 44.5 Å². The number of phosphoric acid groups is 1. The molecule has 9 heteroatoms. The number of rotatable bonds is 16. The van der Waals surface area contributed by atoms with Crippen molar-refractivity contribution in [2.24, 2.45) is 0 Å². The van der Waals surface area contributed by atoms with Crippen LogP contribution in [-0.4, -0.2) is 19.1 Å². The predicted molar refractivity (Wildman–Crippen MR) is 284 cm³/mol. The normalized spacial score (nSPS) is 13.9. The molecular weight excluding hydrogens is 886 g/mol. The van der Waals surface area contributed by atoms with Crippen LogP contribution in [0.15, 0.2) is 194 Å². The molecule has 0 aliphatic rings. The van der Waals surface area contributed by atoms with Crippen molar-refractivity contribution in [3.8, 4) is 11.5 Å². The molecule has 1 unspecified atom stereocenters. The van der Waals surface area contributed by atoms with Crippen molar-refractivity contribution in [2.45, 2.75) is 53.9 Å². The molecular formula is C58H61O6P3. The molecule has 0 aliphatic carbocycles. The van der Waals surface area contributed by atoms with Crippen molar-refractivity contribution in [3.63, 3.8) is 0 Å². The van der Waals surface area contributed by atoms with Crippen LogP contribution in [0.5, 0.6) is 11.5 Å². The zero-order valence-corrected chi connectivity index (χ0v) is 42.4. The standard InChI is InChI=1S/C58H61O6P3/c1-43-24-30-53(31-25-43)66(54-32-26-44(2)27-33-54,55-34-28-45(3)29-35-55,41-49-17-12-19-51(39-49)61-7)63-65(59,60)64-67(56-21-9-14-46(4)36-56,57-22-10-15-47(5)37-57,58-23-11-16-48(6)38-58)42-50-18-13-20-52(40-50)62-8/h9-40H,41-42H2,1-8H3,(H,59,60). The van der Waals surface area contributed by atoms with Gasteiger partial charge in [0, 0.05) is 0 Å². The van der Waals surface area contributed by atoms with E-state index >= 15 is 4.57 Å². The molecule has 8 rings (SSSR count). The third-order valence-corrected chi connectivity index (χ3v) is 27.9. The van der Waals surface area contributed by atoms with Crippen LogP contribution >= 0.6 is 21.5 Å². The molecule has 344 valence electrons. The first kappa shape index (κ1) is 47.8. The molecule has 0 bridgehead atoms. The van der Waals surface area contributed by atoms with Gasteiger partial charge in [-0.1, -0.05) is 0 Å². The second-order valence-electron chi connectivity index (χ2n) is 18.1. The number of hydrogen-bond donors (Lipinski definition) is 1. The molecule has 0 saturated heterocycles. The second-order valence-corrected chi connectivity index (χ2v) is 28.9. The Bertz CT molecular complexity index is 2860. The first-order valence-corrected chi connectivity index (χ1v) is 28.8. The Morgan fingerprint density at radius 3 is 0.970 bits per heavy atom. The van der Waals surface area contributed by atoms with Crippen molar-refractivity contribution >= 4 is 53.3 Å². The van der Waals surface area contributed by atoms with E-state index in [0.717, 1.165) is 76.3 Å². The maximum atomic E-state index is 17.1. The molecule has 8 aromatic carbocycles. The maximum absolute atomic E-state index is 17.1. The summed E-state index contributed by atoms with van der Waals surface area (Å²) in [6, 6.07) is 65.4. The van der Waals surface area contributed by atoms with Gasteiger partial charge in [-0.25, -0.2) is 0 Å². The van der Waals surface area contributed by atoms with Crippen LogP contribution in [0.25, 0.3) is 0 Å². The fraction of sp³-hybridized carbons (Fsp3) is 0.172. The molecule has 6 nitrogen and oxygen atoms in total. The molecule has 0 saturated carbocycles. The Kier molecular flexibility index (Phi) is 13.4.